The number of rotatable bonds is 2. The van der Waals surface area contributed by atoms with Crippen molar-refractivity contribution in [3.8, 4) is 0 Å². The number of halogens is 2. The van der Waals surface area contributed by atoms with Crippen LogP contribution in [0.3, 0.4) is 0 Å². The van der Waals surface area contributed by atoms with Gasteiger partial charge in [-0.2, -0.15) is 0 Å². The number of nitrogens with zero attached hydrogens (tertiary/aromatic N) is 1. The third-order valence-corrected chi connectivity index (χ3v) is 3.73. The summed E-state index contributed by atoms with van der Waals surface area (Å²) in [4.78, 5) is 13.8. The molecule has 0 aliphatic carbocycles. The Morgan fingerprint density at radius 1 is 1.24 bits per heavy atom. The highest BCUT2D eigenvalue weighted by Gasteiger charge is 2.32. The topological polar surface area (TPSA) is 32.3 Å². The summed E-state index contributed by atoms with van der Waals surface area (Å²) in [5, 5.41) is 3.18. The van der Waals surface area contributed by atoms with Crippen LogP contribution in [0, 0.1) is 5.92 Å². The minimum absolute atomic E-state index is 0.0232. The van der Waals surface area contributed by atoms with Crippen LogP contribution in [0.15, 0.2) is 0 Å². The van der Waals surface area contributed by atoms with Gasteiger partial charge >= 0.3 is 0 Å². The fraction of sp³-hybridized carbons (Fsp3) is 0.917. The predicted octanol–water partition coefficient (Wildman–Crippen LogP) is 1.63. The van der Waals surface area contributed by atoms with Crippen LogP contribution in [-0.4, -0.2) is 42.9 Å². The number of hydrogen-bond donors (Lipinski definition) is 1. The van der Waals surface area contributed by atoms with E-state index in [1.807, 2.05) is 0 Å². The molecule has 0 aromatic heterocycles. The molecular formula is C12H20F2N2O. The van der Waals surface area contributed by atoms with Crippen LogP contribution in [0.4, 0.5) is 8.78 Å². The normalized spacial score (nSPS) is 30.6. The van der Waals surface area contributed by atoms with E-state index >= 15 is 0 Å². The maximum Gasteiger partial charge on any atom is 0.243 e. The summed E-state index contributed by atoms with van der Waals surface area (Å²) < 4.78 is 25.3. The molecule has 3 nitrogen and oxygen atoms in total. The molecular weight excluding hydrogens is 226 g/mol. The van der Waals surface area contributed by atoms with Gasteiger partial charge in [0.2, 0.25) is 12.3 Å². The Balaban J connectivity index is 1.89. The van der Waals surface area contributed by atoms with E-state index in [4.69, 9.17) is 0 Å². The van der Waals surface area contributed by atoms with Crippen LogP contribution in [0.25, 0.3) is 0 Å². The lowest BCUT2D eigenvalue weighted by molar-refractivity contribution is -0.137. The number of amides is 1. The van der Waals surface area contributed by atoms with Crippen molar-refractivity contribution >= 4 is 5.91 Å². The molecule has 17 heavy (non-hydrogen) atoms. The molecule has 2 unspecified atom stereocenters. The van der Waals surface area contributed by atoms with Gasteiger partial charge in [0.1, 0.15) is 0 Å². The molecule has 1 amide bonds. The SMILES string of the molecule is O=C(C1CCCCN1)N1CCCC(C(F)F)C1. The zero-order chi connectivity index (χ0) is 12.3. The lowest BCUT2D eigenvalue weighted by Crippen LogP contribution is -2.52. The molecule has 2 fully saturated rings. The van der Waals surface area contributed by atoms with E-state index in [-0.39, 0.29) is 18.5 Å². The monoisotopic (exact) mass is 246 g/mol. The molecule has 0 radical (unpaired) electrons. The highest BCUT2D eigenvalue weighted by molar-refractivity contribution is 5.82. The maximum absolute atomic E-state index is 12.6. The number of hydrogen-bond acceptors (Lipinski definition) is 2. The Hall–Kier alpha value is -0.710. The van der Waals surface area contributed by atoms with Crippen molar-refractivity contribution in [3.63, 3.8) is 0 Å². The van der Waals surface area contributed by atoms with E-state index in [0.29, 0.717) is 19.4 Å². The molecule has 5 heteroatoms. The smallest absolute Gasteiger partial charge is 0.243 e. The molecule has 2 atom stereocenters. The summed E-state index contributed by atoms with van der Waals surface area (Å²) in [5.74, 6) is -0.605. The summed E-state index contributed by atoms with van der Waals surface area (Å²) in [6.45, 7) is 1.73. The van der Waals surface area contributed by atoms with Gasteiger partial charge in [-0.1, -0.05) is 6.42 Å². The minimum atomic E-state index is -2.30. The molecule has 0 saturated carbocycles. The number of nitrogens with one attached hydrogen (secondary N) is 1. The van der Waals surface area contributed by atoms with Crippen molar-refractivity contribution in [2.24, 2.45) is 5.92 Å². The van der Waals surface area contributed by atoms with Gasteiger partial charge in [-0.15, -0.1) is 0 Å². The molecule has 0 bridgehead atoms. The first-order chi connectivity index (χ1) is 8.18. The van der Waals surface area contributed by atoms with E-state index in [1.165, 1.54) is 0 Å². The second-order valence-electron chi connectivity index (χ2n) is 5.02. The van der Waals surface area contributed by atoms with E-state index < -0.39 is 12.3 Å². The van der Waals surface area contributed by atoms with Crippen molar-refractivity contribution in [2.75, 3.05) is 19.6 Å². The van der Waals surface area contributed by atoms with Crippen molar-refractivity contribution in [2.45, 2.75) is 44.6 Å². The van der Waals surface area contributed by atoms with Crippen molar-refractivity contribution in [1.82, 2.24) is 10.2 Å². The molecule has 98 valence electrons. The molecule has 2 rings (SSSR count). The first-order valence-electron chi connectivity index (χ1n) is 6.49. The van der Waals surface area contributed by atoms with Gasteiger partial charge in [0.25, 0.3) is 0 Å². The zero-order valence-electron chi connectivity index (χ0n) is 10.0. The fourth-order valence-electron chi connectivity index (χ4n) is 2.70. The number of carbonyl (C=O) groups excluding carboxylic acids is 1. The predicted molar refractivity (Wildman–Crippen MR) is 60.9 cm³/mol. The van der Waals surface area contributed by atoms with Gasteiger partial charge in [-0.05, 0) is 32.2 Å². The summed E-state index contributed by atoms with van der Waals surface area (Å²) >= 11 is 0. The summed E-state index contributed by atoms with van der Waals surface area (Å²) in [6, 6.07) is -0.139. The third-order valence-electron chi connectivity index (χ3n) is 3.73. The average molecular weight is 246 g/mol. The number of carbonyl (C=O) groups is 1. The van der Waals surface area contributed by atoms with Crippen LogP contribution in [0.1, 0.15) is 32.1 Å². The standard InChI is InChI=1S/C12H20F2N2O/c13-11(14)9-4-3-7-16(8-9)12(17)10-5-1-2-6-15-10/h9-11,15H,1-8H2. The van der Waals surface area contributed by atoms with Crippen LogP contribution < -0.4 is 5.32 Å². The van der Waals surface area contributed by atoms with E-state index in [2.05, 4.69) is 5.32 Å². The molecule has 0 aromatic rings. The first kappa shape index (κ1) is 12.7. The van der Waals surface area contributed by atoms with E-state index in [9.17, 15) is 13.6 Å². The maximum atomic E-state index is 12.6. The number of piperidine rings is 2. The van der Waals surface area contributed by atoms with Crippen LogP contribution in [0.5, 0.6) is 0 Å². The molecule has 2 aliphatic heterocycles. The Kier molecular flexibility index (Phi) is 4.31. The van der Waals surface area contributed by atoms with Crippen molar-refractivity contribution in [1.29, 1.82) is 0 Å². The Labute approximate surface area is 101 Å². The highest BCUT2D eigenvalue weighted by atomic mass is 19.3. The highest BCUT2D eigenvalue weighted by Crippen LogP contribution is 2.23. The third kappa shape index (κ3) is 3.15. The molecule has 0 spiro atoms. The molecule has 0 aromatic carbocycles. The second-order valence-corrected chi connectivity index (χ2v) is 5.02. The van der Waals surface area contributed by atoms with Gasteiger partial charge in [-0.3, -0.25) is 4.79 Å². The van der Waals surface area contributed by atoms with Crippen molar-refractivity contribution < 1.29 is 13.6 Å². The van der Waals surface area contributed by atoms with Crippen LogP contribution in [-0.2, 0) is 4.79 Å². The molecule has 2 aliphatic rings. The summed E-state index contributed by atoms with van der Waals surface area (Å²) in [5.41, 5.74) is 0. The van der Waals surface area contributed by atoms with E-state index in [0.717, 1.165) is 25.8 Å². The lowest BCUT2D eigenvalue weighted by Gasteiger charge is -2.35. The summed E-state index contributed by atoms with van der Waals surface area (Å²) in [7, 11) is 0. The van der Waals surface area contributed by atoms with Gasteiger partial charge in [0, 0.05) is 19.0 Å². The molecule has 1 N–H and O–H groups in total. The van der Waals surface area contributed by atoms with Crippen LogP contribution >= 0.6 is 0 Å². The van der Waals surface area contributed by atoms with E-state index in [1.54, 1.807) is 4.90 Å². The summed E-state index contributed by atoms with van der Waals surface area (Å²) in [6.07, 6.45) is 1.94. The Morgan fingerprint density at radius 2 is 2.06 bits per heavy atom. The first-order valence-corrected chi connectivity index (χ1v) is 6.49. The molecule has 2 heterocycles. The Bertz CT molecular complexity index is 267. The van der Waals surface area contributed by atoms with Crippen LogP contribution in [0.2, 0.25) is 0 Å². The lowest BCUT2D eigenvalue weighted by atomic mass is 9.96. The average Bonchev–Trinajstić information content (AvgIpc) is 2.39. The van der Waals surface area contributed by atoms with Gasteiger partial charge in [0.05, 0.1) is 6.04 Å². The van der Waals surface area contributed by atoms with Gasteiger partial charge < -0.3 is 10.2 Å². The number of alkyl halides is 2. The number of likely N-dealkylation sites (tertiary alicyclic amines) is 1. The largest absolute Gasteiger partial charge is 0.341 e. The van der Waals surface area contributed by atoms with Gasteiger partial charge in [0.15, 0.2) is 0 Å². The minimum Gasteiger partial charge on any atom is -0.341 e. The fourth-order valence-corrected chi connectivity index (χ4v) is 2.70. The van der Waals surface area contributed by atoms with Crippen molar-refractivity contribution in [3.05, 3.63) is 0 Å². The van der Waals surface area contributed by atoms with Gasteiger partial charge in [-0.25, -0.2) is 8.78 Å². The quantitative estimate of drug-likeness (QED) is 0.803. The Morgan fingerprint density at radius 3 is 2.71 bits per heavy atom. The zero-order valence-corrected chi connectivity index (χ0v) is 10.0. The second kappa shape index (κ2) is 5.76. The molecule has 2 saturated heterocycles.